The summed E-state index contributed by atoms with van der Waals surface area (Å²) in [7, 11) is 3.98. The Morgan fingerprint density at radius 1 is 1.21 bits per heavy atom. The van der Waals surface area contributed by atoms with Gasteiger partial charge in [0.05, 0.1) is 11.6 Å². The zero-order chi connectivity index (χ0) is 17.5. The van der Waals surface area contributed by atoms with Crippen LogP contribution < -0.4 is 4.90 Å². The second-order valence-electron chi connectivity index (χ2n) is 7.22. The van der Waals surface area contributed by atoms with Crippen LogP contribution in [-0.4, -0.2) is 42.9 Å². The summed E-state index contributed by atoms with van der Waals surface area (Å²) in [6.45, 7) is 10.1. The molecule has 0 amide bonds. The fraction of sp³-hybridized carbons (Fsp3) is 0.529. The van der Waals surface area contributed by atoms with E-state index in [1.54, 1.807) is 0 Å². The van der Waals surface area contributed by atoms with Gasteiger partial charge in [-0.1, -0.05) is 20.8 Å². The highest BCUT2D eigenvalue weighted by Gasteiger charge is 2.22. The van der Waals surface area contributed by atoms with Crippen LogP contribution in [0.3, 0.4) is 0 Å². The van der Waals surface area contributed by atoms with Crippen LogP contribution in [-0.2, 0) is 19.0 Å². The van der Waals surface area contributed by atoms with E-state index >= 15 is 0 Å². The predicted octanol–water partition coefficient (Wildman–Crippen LogP) is 2.30. The largest absolute Gasteiger partial charge is 0.357 e. The summed E-state index contributed by atoms with van der Waals surface area (Å²) < 4.78 is 3.95. The topological polar surface area (TPSA) is 64.7 Å². The first-order chi connectivity index (χ1) is 11.3. The van der Waals surface area contributed by atoms with Crippen molar-refractivity contribution >= 4 is 16.9 Å². The molecular formula is C17H25N7. The fourth-order valence-electron chi connectivity index (χ4n) is 2.64. The SMILES string of the molecule is Cc1nccn1CCN(C)c1nc(C(C)(C)C)nc2c1cnn2C. The summed E-state index contributed by atoms with van der Waals surface area (Å²) in [5.41, 5.74) is 0.755. The predicted molar refractivity (Wildman–Crippen MR) is 95.2 cm³/mol. The van der Waals surface area contributed by atoms with Gasteiger partial charge in [0.15, 0.2) is 5.65 Å². The minimum absolute atomic E-state index is 0.116. The Labute approximate surface area is 142 Å². The van der Waals surface area contributed by atoms with Gasteiger partial charge >= 0.3 is 0 Å². The molecule has 7 nitrogen and oxygen atoms in total. The van der Waals surface area contributed by atoms with Crippen LogP contribution in [0.1, 0.15) is 32.4 Å². The number of likely N-dealkylation sites (N-methyl/N-ethyl adjacent to an activating group) is 1. The van der Waals surface area contributed by atoms with Crippen molar-refractivity contribution < 1.29 is 0 Å². The molecule has 0 fully saturated rings. The molecule has 0 aliphatic rings. The van der Waals surface area contributed by atoms with Crippen molar-refractivity contribution in [2.24, 2.45) is 7.05 Å². The van der Waals surface area contributed by atoms with Crippen LogP contribution in [0.5, 0.6) is 0 Å². The van der Waals surface area contributed by atoms with Gasteiger partial charge < -0.3 is 9.47 Å². The number of aryl methyl sites for hydroxylation is 2. The Hall–Kier alpha value is -2.44. The van der Waals surface area contributed by atoms with E-state index in [1.165, 1.54) is 0 Å². The minimum atomic E-state index is -0.116. The highest BCUT2D eigenvalue weighted by molar-refractivity contribution is 5.86. The van der Waals surface area contributed by atoms with Crippen LogP contribution >= 0.6 is 0 Å². The molecule has 7 heteroatoms. The van der Waals surface area contributed by atoms with Crippen LogP contribution in [0.4, 0.5) is 5.82 Å². The lowest BCUT2D eigenvalue weighted by Crippen LogP contribution is -2.26. The van der Waals surface area contributed by atoms with E-state index < -0.39 is 0 Å². The first kappa shape index (κ1) is 16.4. The number of hydrogen-bond acceptors (Lipinski definition) is 5. The van der Waals surface area contributed by atoms with Crippen molar-refractivity contribution in [2.75, 3.05) is 18.5 Å². The van der Waals surface area contributed by atoms with Gasteiger partial charge in [-0.25, -0.2) is 15.0 Å². The molecule has 0 radical (unpaired) electrons. The van der Waals surface area contributed by atoms with Crippen molar-refractivity contribution in [1.29, 1.82) is 0 Å². The van der Waals surface area contributed by atoms with Gasteiger partial charge in [-0.3, -0.25) is 4.68 Å². The van der Waals surface area contributed by atoms with Gasteiger partial charge in [0.25, 0.3) is 0 Å². The summed E-state index contributed by atoms with van der Waals surface area (Å²) in [5.74, 6) is 2.78. The summed E-state index contributed by atoms with van der Waals surface area (Å²) in [5, 5.41) is 5.34. The second-order valence-corrected chi connectivity index (χ2v) is 7.22. The first-order valence-electron chi connectivity index (χ1n) is 8.16. The monoisotopic (exact) mass is 327 g/mol. The third-order valence-corrected chi connectivity index (χ3v) is 4.20. The molecule has 0 bridgehead atoms. The first-order valence-corrected chi connectivity index (χ1v) is 8.16. The van der Waals surface area contributed by atoms with Gasteiger partial charge in [-0.15, -0.1) is 0 Å². The molecule has 24 heavy (non-hydrogen) atoms. The number of fused-ring (bicyclic) bond motifs is 1. The molecule has 0 atom stereocenters. The number of hydrogen-bond donors (Lipinski definition) is 0. The number of imidazole rings is 1. The van der Waals surface area contributed by atoms with E-state index in [9.17, 15) is 0 Å². The zero-order valence-electron chi connectivity index (χ0n) is 15.3. The molecule has 128 valence electrons. The second kappa shape index (κ2) is 5.89. The normalized spacial score (nSPS) is 12.1. The molecule has 0 N–H and O–H groups in total. The molecule has 0 saturated heterocycles. The van der Waals surface area contributed by atoms with Crippen molar-refractivity contribution in [1.82, 2.24) is 29.3 Å². The molecule has 3 heterocycles. The van der Waals surface area contributed by atoms with Gasteiger partial charge in [0.1, 0.15) is 17.5 Å². The Kier molecular flexibility index (Phi) is 4.03. The number of aromatic nitrogens is 6. The third-order valence-electron chi connectivity index (χ3n) is 4.20. The molecule has 0 aliphatic heterocycles. The van der Waals surface area contributed by atoms with Gasteiger partial charge in [-0.05, 0) is 6.92 Å². The van der Waals surface area contributed by atoms with Crippen molar-refractivity contribution in [3.05, 3.63) is 30.2 Å². The fourth-order valence-corrected chi connectivity index (χ4v) is 2.64. The van der Waals surface area contributed by atoms with E-state index in [1.807, 2.05) is 37.2 Å². The van der Waals surface area contributed by atoms with E-state index in [2.05, 4.69) is 47.4 Å². The van der Waals surface area contributed by atoms with E-state index in [-0.39, 0.29) is 5.41 Å². The molecule has 0 aromatic carbocycles. The molecule has 0 saturated carbocycles. The minimum Gasteiger partial charge on any atom is -0.357 e. The van der Waals surface area contributed by atoms with Crippen LogP contribution in [0, 0.1) is 6.92 Å². The Morgan fingerprint density at radius 2 is 1.96 bits per heavy atom. The van der Waals surface area contributed by atoms with Gasteiger partial charge in [0, 0.05) is 45.0 Å². The van der Waals surface area contributed by atoms with Crippen LogP contribution in [0.2, 0.25) is 0 Å². The van der Waals surface area contributed by atoms with Gasteiger partial charge in [-0.2, -0.15) is 5.10 Å². The third kappa shape index (κ3) is 2.98. The van der Waals surface area contributed by atoms with Gasteiger partial charge in [0.2, 0.25) is 0 Å². The lowest BCUT2D eigenvalue weighted by Gasteiger charge is -2.23. The lowest BCUT2D eigenvalue weighted by atomic mass is 9.95. The molecular weight excluding hydrogens is 302 g/mol. The zero-order valence-corrected chi connectivity index (χ0v) is 15.3. The average Bonchev–Trinajstić information content (AvgIpc) is 3.09. The number of nitrogens with zero attached hydrogens (tertiary/aromatic N) is 7. The van der Waals surface area contributed by atoms with Crippen LogP contribution in [0.25, 0.3) is 11.0 Å². The summed E-state index contributed by atoms with van der Waals surface area (Å²) in [4.78, 5) is 16.0. The Morgan fingerprint density at radius 3 is 2.58 bits per heavy atom. The summed E-state index contributed by atoms with van der Waals surface area (Å²) in [6.07, 6.45) is 5.68. The van der Waals surface area contributed by atoms with Crippen LogP contribution in [0.15, 0.2) is 18.6 Å². The van der Waals surface area contributed by atoms with Crippen molar-refractivity contribution in [2.45, 2.75) is 39.7 Å². The highest BCUT2D eigenvalue weighted by atomic mass is 15.3. The molecule has 0 unspecified atom stereocenters. The number of rotatable bonds is 4. The molecule has 3 aromatic rings. The Bertz CT molecular complexity index is 854. The molecule has 3 aromatic heterocycles. The van der Waals surface area contributed by atoms with E-state index in [0.717, 1.165) is 41.6 Å². The maximum atomic E-state index is 4.84. The standard InChI is InChI=1S/C17H25N7/c1-12-18-7-8-24(12)10-9-22(5)14-13-11-19-23(6)15(13)21-16(20-14)17(2,3)4/h7-8,11H,9-10H2,1-6H3. The molecule has 0 spiro atoms. The van der Waals surface area contributed by atoms with E-state index in [0.29, 0.717) is 0 Å². The quantitative estimate of drug-likeness (QED) is 0.736. The smallest absolute Gasteiger partial charge is 0.163 e. The maximum absolute atomic E-state index is 4.84. The summed E-state index contributed by atoms with van der Waals surface area (Å²) >= 11 is 0. The Balaban J connectivity index is 1.96. The van der Waals surface area contributed by atoms with Crippen molar-refractivity contribution in [3.63, 3.8) is 0 Å². The highest BCUT2D eigenvalue weighted by Crippen LogP contribution is 2.27. The molecule has 3 rings (SSSR count). The number of anilines is 1. The molecule has 0 aliphatic carbocycles. The van der Waals surface area contributed by atoms with Crippen molar-refractivity contribution in [3.8, 4) is 0 Å². The lowest BCUT2D eigenvalue weighted by molar-refractivity contribution is 0.545. The summed E-state index contributed by atoms with van der Waals surface area (Å²) in [6, 6.07) is 0. The maximum Gasteiger partial charge on any atom is 0.163 e. The average molecular weight is 327 g/mol. The van der Waals surface area contributed by atoms with E-state index in [4.69, 9.17) is 9.97 Å².